The average Bonchev–Trinajstić information content (AvgIpc) is 3.23. The first-order valence-corrected chi connectivity index (χ1v) is 12.2. The monoisotopic (exact) mass is 466 g/mol. The molecule has 0 aliphatic carbocycles. The summed E-state index contributed by atoms with van der Waals surface area (Å²) in [6, 6.07) is 10.9. The van der Waals surface area contributed by atoms with Crippen LogP contribution in [0.5, 0.6) is 5.75 Å². The Labute approximate surface area is 184 Å². The van der Waals surface area contributed by atoms with Gasteiger partial charge in [-0.2, -0.15) is 0 Å². The van der Waals surface area contributed by atoms with Crippen molar-refractivity contribution >= 4 is 37.9 Å². The lowest BCUT2D eigenvalue weighted by Gasteiger charge is -2.31. The molecule has 1 aromatic heterocycles. The van der Waals surface area contributed by atoms with Crippen LogP contribution in [0.15, 0.2) is 52.7 Å². The first-order chi connectivity index (χ1) is 14.4. The Kier molecular flexibility index (Phi) is 5.99. The fourth-order valence-electron chi connectivity index (χ4n) is 3.56. The molecule has 1 aliphatic heterocycles. The van der Waals surface area contributed by atoms with Crippen LogP contribution in [-0.4, -0.2) is 38.9 Å². The lowest BCUT2D eigenvalue weighted by molar-refractivity contribution is 0.414. The lowest BCUT2D eigenvalue weighted by Crippen LogP contribution is -2.39. The summed E-state index contributed by atoms with van der Waals surface area (Å²) >= 11 is 7.40. The third kappa shape index (κ3) is 4.31. The standard InChI is InChI=1S/C21H20ClFN2O3S2/c1-28-17-2-4-18(5-3-17)30(26,27)19-6-8-25(9-7-19)21-24-20(13-29-21)14-10-15(22)12-16(23)11-14/h2-5,10-13,19H,6-9H2,1H3. The highest BCUT2D eigenvalue weighted by molar-refractivity contribution is 7.92. The van der Waals surface area contributed by atoms with Gasteiger partial charge in [-0.15, -0.1) is 11.3 Å². The average molecular weight is 467 g/mol. The third-order valence-electron chi connectivity index (χ3n) is 5.19. The molecule has 0 unspecified atom stereocenters. The number of benzene rings is 2. The van der Waals surface area contributed by atoms with E-state index in [1.807, 2.05) is 5.38 Å². The van der Waals surface area contributed by atoms with E-state index in [-0.39, 0.29) is 0 Å². The van der Waals surface area contributed by atoms with E-state index < -0.39 is 20.9 Å². The molecule has 2 aromatic carbocycles. The van der Waals surface area contributed by atoms with Crippen LogP contribution < -0.4 is 9.64 Å². The molecule has 0 atom stereocenters. The Morgan fingerprint density at radius 3 is 2.50 bits per heavy atom. The topological polar surface area (TPSA) is 59.5 Å². The number of nitrogens with zero attached hydrogens (tertiary/aromatic N) is 2. The van der Waals surface area contributed by atoms with Crippen LogP contribution in [-0.2, 0) is 9.84 Å². The van der Waals surface area contributed by atoms with Crippen LogP contribution in [0, 0.1) is 5.82 Å². The summed E-state index contributed by atoms with van der Waals surface area (Å²) in [6.45, 7) is 1.19. The van der Waals surface area contributed by atoms with Crippen molar-refractivity contribution in [2.75, 3.05) is 25.1 Å². The summed E-state index contributed by atoms with van der Waals surface area (Å²) < 4.78 is 44.7. The molecule has 0 N–H and O–H groups in total. The zero-order valence-electron chi connectivity index (χ0n) is 16.2. The molecule has 0 bridgehead atoms. The summed E-state index contributed by atoms with van der Waals surface area (Å²) in [4.78, 5) is 7.01. The van der Waals surface area contributed by atoms with Gasteiger partial charge in [0.15, 0.2) is 15.0 Å². The highest BCUT2D eigenvalue weighted by Crippen LogP contribution is 2.33. The minimum atomic E-state index is -3.40. The van der Waals surface area contributed by atoms with Gasteiger partial charge >= 0.3 is 0 Å². The number of rotatable bonds is 5. The van der Waals surface area contributed by atoms with Gasteiger partial charge in [0, 0.05) is 29.1 Å². The van der Waals surface area contributed by atoms with E-state index in [0.29, 0.717) is 52.9 Å². The second kappa shape index (κ2) is 8.53. The third-order valence-corrected chi connectivity index (χ3v) is 8.59. The Hall–Kier alpha value is -2.16. The number of hydrogen-bond donors (Lipinski definition) is 0. The second-order valence-corrected chi connectivity index (χ2v) is 10.6. The van der Waals surface area contributed by atoms with Gasteiger partial charge in [-0.05, 0) is 55.3 Å². The van der Waals surface area contributed by atoms with Crippen molar-refractivity contribution in [3.63, 3.8) is 0 Å². The van der Waals surface area contributed by atoms with Crippen molar-refractivity contribution < 1.29 is 17.5 Å². The van der Waals surface area contributed by atoms with Gasteiger partial charge < -0.3 is 9.64 Å². The minimum absolute atomic E-state index is 0.321. The number of thiazole rings is 1. The summed E-state index contributed by atoms with van der Waals surface area (Å²) in [5.41, 5.74) is 1.28. The van der Waals surface area contributed by atoms with Crippen LogP contribution in [0.4, 0.5) is 9.52 Å². The highest BCUT2D eigenvalue weighted by Gasteiger charge is 2.32. The molecule has 1 aliphatic rings. The molecule has 2 heterocycles. The smallest absolute Gasteiger partial charge is 0.185 e. The maximum atomic E-state index is 13.6. The van der Waals surface area contributed by atoms with Gasteiger partial charge in [-0.3, -0.25) is 0 Å². The Morgan fingerprint density at radius 1 is 1.17 bits per heavy atom. The van der Waals surface area contributed by atoms with Gasteiger partial charge in [0.2, 0.25) is 0 Å². The van der Waals surface area contributed by atoms with E-state index in [1.54, 1.807) is 37.4 Å². The van der Waals surface area contributed by atoms with Crippen molar-refractivity contribution in [2.45, 2.75) is 23.0 Å². The molecule has 30 heavy (non-hydrogen) atoms. The zero-order chi connectivity index (χ0) is 21.3. The largest absolute Gasteiger partial charge is 0.497 e. The van der Waals surface area contributed by atoms with Crippen LogP contribution in [0.25, 0.3) is 11.3 Å². The van der Waals surface area contributed by atoms with Crippen LogP contribution >= 0.6 is 22.9 Å². The molecule has 1 fully saturated rings. The first-order valence-electron chi connectivity index (χ1n) is 9.42. The van der Waals surface area contributed by atoms with Gasteiger partial charge in [0.1, 0.15) is 11.6 Å². The predicted octanol–water partition coefficient (Wildman–Crippen LogP) is 5.05. The van der Waals surface area contributed by atoms with E-state index in [0.717, 1.165) is 5.13 Å². The molecular weight excluding hydrogens is 447 g/mol. The summed E-state index contributed by atoms with van der Waals surface area (Å²) in [5.74, 6) is 0.222. The Balaban J connectivity index is 1.45. The molecule has 5 nitrogen and oxygen atoms in total. The molecule has 0 spiro atoms. The van der Waals surface area contributed by atoms with E-state index in [1.165, 1.54) is 23.5 Å². The fraction of sp³-hybridized carbons (Fsp3) is 0.286. The summed E-state index contributed by atoms with van der Waals surface area (Å²) in [6.07, 6.45) is 1.05. The van der Waals surface area contributed by atoms with Crippen molar-refractivity contribution in [1.82, 2.24) is 4.98 Å². The van der Waals surface area contributed by atoms with Crippen molar-refractivity contribution in [3.8, 4) is 17.0 Å². The lowest BCUT2D eigenvalue weighted by atomic mass is 10.1. The quantitative estimate of drug-likeness (QED) is 0.526. The number of aromatic nitrogens is 1. The van der Waals surface area contributed by atoms with E-state index >= 15 is 0 Å². The van der Waals surface area contributed by atoms with Crippen molar-refractivity contribution in [3.05, 3.63) is 58.7 Å². The van der Waals surface area contributed by atoms with Gasteiger partial charge in [-0.25, -0.2) is 17.8 Å². The van der Waals surface area contributed by atoms with Crippen LogP contribution in [0.2, 0.25) is 5.02 Å². The molecule has 0 radical (unpaired) electrons. The molecule has 1 saturated heterocycles. The minimum Gasteiger partial charge on any atom is -0.497 e. The van der Waals surface area contributed by atoms with Crippen molar-refractivity contribution in [2.24, 2.45) is 0 Å². The van der Waals surface area contributed by atoms with E-state index in [9.17, 15) is 12.8 Å². The first kappa shape index (κ1) is 21.1. The van der Waals surface area contributed by atoms with Gasteiger partial charge in [0.25, 0.3) is 0 Å². The maximum Gasteiger partial charge on any atom is 0.185 e. The summed E-state index contributed by atoms with van der Waals surface area (Å²) in [5, 5.41) is 2.55. The number of ether oxygens (including phenoxy) is 1. The van der Waals surface area contributed by atoms with E-state index in [4.69, 9.17) is 16.3 Å². The molecular formula is C21H20ClFN2O3S2. The number of halogens is 2. The molecule has 158 valence electrons. The Morgan fingerprint density at radius 2 is 1.87 bits per heavy atom. The molecule has 4 rings (SSSR count). The highest BCUT2D eigenvalue weighted by atomic mass is 35.5. The zero-order valence-corrected chi connectivity index (χ0v) is 18.6. The number of methoxy groups -OCH3 is 1. The Bertz CT molecular complexity index is 1120. The fourth-order valence-corrected chi connectivity index (χ4v) is 6.40. The number of hydrogen-bond acceptors (Lipinski definition) is 6. The van der Waals surface area contributed by atoms with E-state index in [2.05, 4.69) is 9.88 Å². The predicted molar refractivity (Wildman–Crippen MR) is 118 cm³/mol. The molecule has 0 amide bonds. The number of sulfone groups is 1. The van der Waals surface area contributed by atoms with Gasteiger partial charge in [-0.1, -0.05) is 11.6 Å². The molecule has 0 saturated carbocycles. The number of anilines is 1. The normalized spacial score (nSPS) is 15.4. The molecule has 9 heteroatoms. The molecule has 3 aromatic rings. The maximum absolute atomic E-state index is 13.6. The SMILES string of the molecule is COc1ccc(S(=O)(=O)C2CCN(c3nc(-c4cc(F)cc(Cl)c4)cs3)CC2)cc1. The van der Waals surface area contributed by atoms with Crippen molar-refractivity contribution in [1.29, 1.82) is 0 Å². The number of piperidine rings is 1. The van der Waals surface area contributed by atoms with Gasteiger partial charge in [0.05, 0.1) is 22.9 Å². The second-order valence-electron chi connectivity index (χ2n) is 7.08. The van der Waals surface area contributed by atoms with Crippen LogP contribution in [0.1, 0.15) is 12.8 Å². The summed E-state index contributed by atoms with van der Waals surface area (Å²) in [7, 11) is -1.85. The van der Waals surface area contributed by atoms with Crippen LogP contribution in [0.3, 0.4) is 0 Å².